The minimum atomic E-state index is -0.181. The second kappa shape index (κ2) is 6.23. The zero-order valence-corrected chi connectivity index (χ0v) is 13.9. The normalized spacial score (nSPS) is 30.6. The monoisotopic (exact) mass is 337 g/mol. The molecule has 0 aliphatic carbocycles. The maximum Gasteiger partial charge on any atom is 0.250 e. The van der Waals surface area contributed by atoms with Crippen molar-refractivity contribution in [2.24, 2.45) is 5.92 Å². The Morgan fingerprint density at radius 2 is 2.27 bits per heavy atom. The van der Waals surface area contributed by atoms with Crippen LogP contribution in [0, 0.1) is 5.92 Å². The minimum absolute atomic E-state index is 0.181. The van der Waals surface area contributed by atoms with Crippen LogP contribution in [0.4, 0.5) is 0 Å². The van der Waals surface area contributed by atoms with Gasteiger partial charge in [-0.2, -0.15) is 15.7 Å². The predicted molar refractivity (Wildman–Crippen MR) is 86.5 cm³/mol. The number of ether oxygens (including phenoxy) is 1. The first-order valence-corrected chi connectivity index (χ1v) is 9.37. The molecule has 4 rings (SSSR count). The summed E-state index contributed by atoms with van der Waals surface area (Å²) < 4.78 is 14.7. The van der Waals surface area contributed by atoms with Crippen molar-refractivity contribution in [3.8, 4) is 5.88 Å². The van der Waals surface area contributed by atoms with Crippen molar-refractivity contribution in [1.82, 2.24) is 13.6 Å². The molecule has 2 aromatic heterocycles. The van der Waals surface area contributed by atoms with Crippen molar-refractivity contribution in [2.45, 2.75) is 31.4 Å². The van der Waals surface area contributed by atoms with Crippen molar-refractivity contribution in [2.75, 3.05) is 19.7 Å². The average Bonchev–Trinajstić information content (AvgIpc) is 3.23. The van der Waals surface area contributed by atoms with Gasteiger partial charge in [0.2, 0.25) is 0 Å². The summed E-state index contributed by atoms with van der Waals surface area (Å²) in [5.41, 5.74) is 2.26. The highest BCUT2D eigenvalue weighted by Crippen LogP contribution is 2.41. The molecule has 2 aliphatic rings. The highest BCUT2D eigenvalue weighted by atomic mass is 32.1. The number of rotatable bonds is 5. The maximum atomic E-state index is 10.0. The van der Waals surface area contributed by atoms with Gasteiger partial charge in [0, 0.05) is 19.5 Å². The molecule has 2 bridgehead atoms. The zero-order valence-electron chi connectivity index (χ0n) is 12.2. The fourth-order valence-electron chi connectivity index (χ4n) is 3.48. The number of hydrogen-bond donors (Lipinski definition) is 1. The first-order valence-electron chi connectivity index (χ1n) is 7.69. The van der Waals surface area contributed by atoms with E-state index in [9.17, 15) is 5.11 Å². The van der Waals surface area contributed by atoms with Crippen LogP contribution in [-0.2, 0) is 6.42 Å². The second-order valence-electron chi connectivity index (χ2n) is 6.06. The average molecular weight is 337 g/mol. The Kier molecular flexibility index (Phi) is 4.13. The minimum Gasteiger partial charge on any atom is -0.475 e. The summed E-state index contributed by atoms with van der Waals surface area (Å²) in [7, 11) is 0. The summed E-state index contributed by atoms with van der Waals surface area (Å²) in [5, 5.41) is 14.3. The number of fused-ring (bicyclic) bond motifs is 2. The van der Waals surface area contributed by atoms with Gasteiger partial charge in [-0.05, 0) is 41.1 Å². The van der Waals surface area contributed by atoms with E-state index in [2.05, 4.69) is 30.5 Å². The van der Waals surface area contributed by atoms with Crippen LogP contribution in [0.3, 0.4) is 0 Å². The molecular weight excluding hydrogens is 318 g/mol. The molecule has 4 heterocycles. The van der Waals surface area contributed by atoms with Gasteiger partial charge in [0.1, 0.15) is 5.69 Å². The number of piperidine rings is 1. The zero-order chi connectivity index (χ0) is 14.9. The predicted octanol–water partition coefficient (Wildman–Crippen LogP) is 2.35. The molecule has 0 saturated carbocycles. The van der Waals surface area contributed by atoms with Crippen molar-refractivity contribution in [3.63, 3.8) is 0 Å². The van der Waals surface area contributed by atoms with Crippen LogP contribution in [0.2, 0.25) is 0 Å². The molecule has 0 radical (unpaired) electrons. The lowest BCUT2D eigenvalue weighted by Crippen LogP contribution is -2.31. The fourth-order valence-corrected chi connectivity index (χ4v) is 4.73. The lowest BCUT2D eigenvalue weighted by Gasteiger charge is -2.30. The van der Waals surface area contributed by atoms with Gasteiger partial charge in [0.25, 0.3) is 5.88 Å². The Balaban J connectivity index is 1.41. The molecule has 0 amide bonds. The van der Waals surface area contributed by atoms with E-state index < -0.39 is 0 Å². The Hall–Kier alpha value is -1.02. The van der Waals surface area contributed by atoms with Crippen LogP contribution in [0.15, 0.2) is 16.8 Å². The summed E-state index contributed by atoms with van der Waals surface area (Å²) >= 11 is 2.93. The molecule has 4 unspecified atom stereocenters. The van der Waals surface area contributed by atoms with Gasteiger partial charge in [-0.25, -0.2) is 0 Å². The number of aliphatic hydroxyl groups is 1. The van der Waals surface area contributed by atoms with Crippen LogP contribution < -0.4 is 4.74 Å². The molecular formula is C15H19N3O2S2. The molecule has 2 fully saturated rings. The highest BCUT2D eigenvalue weighted by Gasteiger charge is 2.42. The molecule has 22 heavy (non-hydrogen) atoms. The van der Waals surface area contributed by atoms with Crippen LogP contribution >= 0.6 is 23.1 Å². The first-order chi connectivity index (χ1) is 10.8. The molecule has 0 aromatic carbocycles. The third kappa shape index (κ3) is 2.78. The topological polar surface area (TPSA) is 58.5 Å². The molecule has 118 valence electrons. The van der Waals surface area contributed by atoms with E-state index in [0.717, 1.165) is 38.0 Å². The van der Waals surface area contributed by atoms with E-state index in [1.165, 1.54) is 17.3 Å². The Bertz CT molecular complexity index is 614. The van der Waals surface area contributed by atoms with E-state index in [-0.39, 0.29) is 12.1 Å². The molecule has 4 atom stereocenters. The molecule has 2 saturated heterocycles. The van der Waals surface area contributed by atoms with Crippen LogP contribution in [0.25, 0.3) is 0 Å². The number of hydrogen-bond acceptors (Lipinski definition) is 7. The molecule has 0 spiro atoms. The largest absolute Gasteiger partial charge is 0.475 e. The summed E-state index contributed by atoms with van der Waals surface area (Å²) in [6.07, 6.45) is 2.82. The quantitative estimate of drug-likeness (QED) is 0.907. The fraction of sp³-hybridized carbons (Fsp3) is 0.600. The summed E-state index contributed by atoms with van der Waals surface area (Å²) in [5.74, 6) is 1.12. The van der Waals surface area contributed by atoms with Gasteiger partial charge < -0.3 is 9.84 Å². The van der Waals surface area contributed by atoms with Gasteiger partial charge in [-0.3, -0.25) is 4.90 Å². The Morgan fingerprint density at radius 3 is 3.14 bits per heavy atom. The summed E-state index contributed by atoms with van der Waals surface area (Å²) in [4.78, 5) is 2.33. The Labute approximate surface area is 137 Å². The maximum absolute atomic E-state index is 10.0. The van der Waals surface area contributed by atoms with Crippen LogP contribution in [0.1, 0.15) is 30.1 Å². The molecule has 1 N–H and O–H groups in total. The standard InChI is InChI=1S/C15H19N3O2S2/c19-13-8-18-7-11(13)1-2-12(18)14-15(17-22-16-14)20-5-3-10-4-6-21-9-10/h4,6,9,11-13,19H,1-3,5,7-8H2. The van der Waals surface area contributed by atoms with Crippen molar-refractivity contribution >= 4 is 23.1 Å². The smallest absolute Gasteiger partial charge is 0.250 e. The van der Waals surface area contributed by atoms with E-state index in [0.29, 0.717) is 18.4 Å². The van der Waals surface area contributed by atoms with Crippen LogP contribution in [-0.4, -0.2) is 44.6 Å². The van der Waals surface area contributed by atoms with E-state index >= 15 is 0 Å². The first kappa shape index (κ1) is 14.6. The van der Waals surface area contributed by atoms with Crippen molar-refractivity contribution < 1.29 is 9.84 Å². The number of nitrogens with zero attached hydrogens (tertiary/aromatic N) is 3. The summed E-state index contributed by atoms with van der Waals surface area (Å²) in [6.45, 7) is 2.35. The lowest BCUT2D eigenvalue weighted by molar-refractivity contribution is 0.144. The molecule has 5 nitrogen and oxygen atoms in total. The van der Waals surface area contributed by atoms with E-state index in [1.54, 1.807) is 11.3 Å². The molecule has 2 aromatic rings. The van der Waals surface area contributed by atoms with Gasteiger partial charge in [-0.1, -0.05) is 0 Å². The van der Waals surface area contributed by atoms with E-state index in [1.807, 2.05) is 0 Å². The SMILES string of the molecule is OC1CN2CC1CCC2c1nsnc1OCCc1ccsc1. The third-order valence-electron chi connectivity index (χ3n) is 4.69. The van der Waals surface area contributed by atoms with E-state index in [4.69, 9.17) is 4.74 Å². The van der Waals surface area contributed by atoms with Gasteiger partial charge in [-0.15, -0.1) is 4.37 Å². The van der Waals surface area contributed by atoms with Gasteiger partial charge >= 0.3 is 0 Å². The van der Waals surface area contributed by atoms with Crippen molar-refractivity contribution in [1.29, 1.82) is 0 Å². The highest BCUT2D eigenvalue weighted by molar-refractivity contribution is 7.07. The number of aromatic nitrogens is 2. The van der Waals surface area contributed by atoms with Crippen molar-refractivity contribution in [3.05, 3.63) is 28.1 Å². The third-order valence-corrected chi connectivity index (χ3v) is 5.95. The Morgan fingerprint density at radius 1 is 1.32 bits per heavy atom. The molecule has 2 aliphatic heterocycles. The summed E-state index contributed by atoms with van der Waals surface area (Å²) in [6, 6.07) is 2.38. The lowest BCUT2D eigenvalue weighted by atomic mass is 9.93. The van der Waals surface area contributed by atoms with Gasteiger partial charge in [0.05, 0.1) is 30.5 Å². The molecule has 7 heteroatoms. The number of thiophene rings is 1. The second-order valence-corrected chi connectivity index (χ2v) is 7.37. The number of aliphatic hydroxyl groups excluding tert-OH is 1. The van der Waals surface area contributed by atoms with Gasteiger partial charge in [0.15, 0.2) is 0 Å². The van der Waals surface area contributed by atoms with Crippen LogP contribution in [0.5, 0.6) is 5.88 Å².